The number of carboxylic acid groups (broad SMARTS) is 1. The van der Waals surface area contributed by atoms with Crippen molar-refractivity contribution in [3.63, 3.8) is 0 Å². The maximum Gasteiger partial charge on any atom is 0.326 e. The van der Waals surface area contributed by atoms with Gasteiger partial charge in [0.2, 0.25) is 53.2 Å². The molecule has 9 amide bonds. The van der Waals surface area contributed by atoms with Gasteiger partial charge in [0.25, 0.3) is 0 Å². The van der Waals surface area contributed by atoms with E-state index in [0.717, 1.165) is 21.8 Å². The number of guanidine groups is 3. The highest BCUT2D eigenvalue weighted by Crippen LogP contribution is 2.31. The Morgan fingerprint density at radius 1 is 0.670 bits per heavy atom. The van der Waals surface area contributed by atoms with Crippen LogP contribution in [0.4, 0.5) is 0 Å². The second kappa shape index (κ2) is 34.5. The van der Waals surface area contributed by atoms with E-state index in [4.69, 9.17) is 44.9 Å². The number of fused-ring (bicyclic) bond motifs is 1. The van der Waals surface area contributed by atoms with Gasteiger partial charge in [-0.2, -0.15) is 0 Å². The molecule has 0 aliphatic carbocycles. The Kier molecular flexibility index (Phi) is 27.0. The number of nitrogens with zero attached hydrogens (tertiary/aromatic N) is 7. The molecule has 0 unspecified atom stereocenters. The molecule has 1 aromatic carbocycles. The number of carboxylic acids is 1. The summed E-state index contributed by atoms with van der Waals surface area (Å²) in [5.41, 5.74) is 40.2. The molecular weight excluding hydrogens is 1210 g/mol. The molecule has 34 heteroatoms. The van der Waals surface area contributed by atoms with Crippen LogP contribution in [-0.4, -0.2) is 232 Å². The van der Waals surface area contributed by atoms with Crippen molar-refractivity contribution in [2.75, 3.05) is 59.0 Å². The molecule has 33 nitrogen and oxygen atoms in total. The van der Waals surface area contributed by atoms with Crippen LogP contribution in [-0.2, 0) is 65.6 Å². The van der Waals surface area contributed by atoms with E-state index in [1.807, 2.05) is 6.92 Å². The minimum absolute atomic E-state index is 0.00343. The second-order valence-corrected chi connectivity index (χ2v) is 23.6. The lowest BCUT2D eigenvalue weighted by atomic mass is 9.92. The standard InChI is InChI=1S/C57H87N19O14S/c1-2-21-90-34-25-42(53(87)74-27-32-11-4-3-10-31(32)23-40(74)48(82)70-37(54(88)89)14-7-19-67-57(63)64)76(29-34)51(85)38(30-77)71-49(83)45(43-16-9-22-91-43)72-44(79)26-68-47(81)41-24-33(78)28-75(41)52(86)39-15-8-20-73(39)50(84)36(13-6-18-66-56(61)62)69-46(80)35(58)12-5-17-65-55(59)60/h3-4,9-11,16,22,33-42,45,77-78H,2,5-8,12-15,17-21,23-30,58H2,1H3,(H,68,81)(H,69,80)(H,70,82)(H,71,83)(H,72,79)(H,88,89)(H4,59,60,65)(H4,61,62,66)(H4,63,64,67)/t33-,34-,35+,36-,37-,38-,39-,40-,41-,42-,45-/m0/s1. The molecule has 4 aliphatic heterocycles. The first kappa shape index (κ1) is 71.3. The summed E-state index contributed by atoms with van der Waals surface area (Å²) in [7, 11) is 0. The fourth-order valence-electron chi connectivity index (χ4n) is 11.4. The lowest BCUT2D eigenvalue weighted by Gasteiger charge is -2.39. The molecule has 5 heterocycles. The summed E-state index contributed by atoms with van der Waals surface area (Å²) in [4.78, 5) is 157. The summed E-state index contributed by atoms with van der Waals surface area (Å²) in [6, 6.07) is -1.49. The Morgan fingerprint density at radius 3 is 1.90 bits per heavy atom. The minimum atomic E-state index is -1.70. The van der Waals surface area contributed by atoms with Crippen LogP contribution in [0.5, 0.6) is 0 Å². The van der Waals surface area contributed by atoms with Crippen molar-refractivity contribution < 1.29 is 68.0 Å². The number of amides is 9. The van der Waals surface area contributed by atoms with E-state index in [2.05, 4.69) is 41.6 Å². The third-order valence-corrected chi connectivity index (χ3v) is 16.9. The number of hydrogen-bond donors (Lipinski definition) is 15. The van der Waals surface area contributed by atoms with Gasteiger partial charge in [-0.1, -0.05) is 37.3 Å². The average molecular weight is 1290 g/mol. The van der Waals surface area contributed by atoms with Crippen molar-refractivity contribution >= 4 is 88.3 Å². The third kappa shape index (κ3) is 20.1. The molecule has 0 saturated carbocycles. The van der Waals surface area contributed by atoms with Gasteiger partial charge in [-0.3, -0.25) is 58.1 Å². The van der Waals surface area contributed by atoms with Gasteiger partial charge in [0.1, 0.15) is 48.3 Å². The van der Waals surface area contributed by atoms with Gasteiger partial charge < -0.3 is 106 Å². The van der Waals surface area contributed by atoms with Gasteiger partial charge in [0.05, 0.1) is 31.4 Å². The first-order valence-electron chi connectivity index (χ1n) is 30.3. The van der Waals surface area contributed by atoms with Crippen LogP contribution in [0, 0.1) is 0 Å². The number of rotatable bonds is 32. The number of aliphatic carboxylic acids is 1. The quantitative estimate of drug-likeness (QED) is 0.0184. The number of ether oxygens (including phenoxy) is 1. The van der Waals surface area contributed by atoms with Gasteiger partial charge in [-0.05, 0) is 80.4 Å². The predicted octanol–water partition coefficient (Wildman–Crippen LogP) is -5.66. The number of aliphatic hydroxyl groups excluding tert-OH is 2. The molecule has 11 atom stereocenters. The van der Waals surface area contributed by atoms with Crippen molar-refractivity contribution in [1.82, 2.24) is 46.2 Å². The number of likely N-dealkylation sites (tertiary alicyclic amines) is 3. The number of aliphatic imine (C=N–C) groups is 3. The van der Waals surface area contributed by atoms with E-state index >= 15 is 4.79 Å². The van der Waals surface area contributed by atoms with Crippen LogP contribution in [0.2, 0.25) is 0 Å². The minimum Gasteiger partial charge on any atom is -0.480 e. The molecule has 2 aromatic rings. The second-order valence-electron chi connectivity index (χ2n) is 22.7. The van der Waals surface area contributed by atoms with Crippen molar-refractivity contribution in [2.45, 2.75) is 157 Å². The predicted molar refractivity (Wildman–Crippen MR) is 332 cm³/mol. The van der Waals surface area contributed by atoms with Gasteiger partial charge >= 0.3 is 5.97 Å². The van der Waals surface area contributed by atoms with E-state index in [-0.39, 0.29) is 133 Å². The molecule has 0 spiro atoms. The number of carbonyl (C=O) groups excluding carboxylic acids is 9. The lowest BCUT2D eigenvalue weighted by Crippen LogP contribution is -2.60. The summed E-state index contributed by atoms with van der Waals surface area (Å²) in [6.07, 6.45) is 0.0601. The van der Waals surface area contributed by atoms with Crippen molar-refractivity contribution in [3.05, 3.63) is 57.8 Å². The fraction of sp³-hybridized carbons (Fsp3) is 0.596. The van der Waals surface area contributed by atoms with Crippen LogP contribution in [0.25, 0.3) is 0 Å². The monoisotopic (exact) mass is 1290 g/mol. The van der Waals surface area contributed by atoms with Crippen molar-refractivity contribution in [2.24, 2.45) is 55.1 Å². The summed E-state index contributed by atoms with van der Waals surface area (Å²) in [5.74, 6) is -8.73. The molecule has 4 aliphatic rings. The maximum absolute atomic E-state index is 15.0. The number of β-amino-alcohol motifs (C(OH)–C–C–N with tert-alkyl or cyclic N) is 1. The Balaban J connectivity index is 1.12. The largest absolute Gasteiger partial charge is 0.480 e. The highest BCUT2D eigenvalue weighted by Gasteiger charge is 2.49. The summed E-state index contributed by atoms with van der Waals surface area (Å²) >= 11 is 1.07. The SMILES string of the molecule is CCCO[C@H]1C[C@@H](C(=O)N2Cc3ccccc3C[C@H]2C(=O)N[C@@H](CCCN=C(N)N)C(=O)O)N(C(=O)[C@H](CO)NC(=O)[C@@H](NC(=O)CNC(=O)[C@@H]2C[C@H](O)CN2C(=O)[C@@H]2CCCN2C(=O)[C@H](CCCN=C(N)N)NC(=O)[C@H](N)CCCN=C(N)N)c2cccs2)C1. The molecule has 22 N–H and O–H groups in total. The van der Waals surface area contributed by atoms with E-state index in [0.29, 0.717) is 24.8 Å². The summed E-state index contributed by atoms with van der Waals surface area (Å²) < 4.78 is 6.05. The Labute approximate surface area is 529 Å². The Bertz CT molecular complexity index is 2980. The van der Waals surface area contributed by atoms with Crippen LogP contribution >= 0.6 is 11.3 Å². The smallest absolute Gasteiger partial charge is 0.326 e. The lowest BCUT2D eigenvalue weighted by molar-refractivity contribution is -0.151. The average Bonchev–Trinajstić information content (AvgIpc) is 2.22. The van der Waals surface area contributed by atoms with Crippen molar-refractivity contribution in [3.8, 4) is 0 Å². The van der Waals surface area contributed by atoms with Gasteiger partial charge in [0, 0.05) is 76.6 Å². The molecule has 1 aromatic heterocycles. The van der Waals surface area contributed by atoms with Crippen LogP contribution in [0.15, 0.2) is 56.8 Å². The van der Waals surface area contributed by atoms with Gasteiger partial charge in [-0.25, -0.2) is 4.79 Å². The van der Waals surface area contributed by atoms with E-state index < -0.39 is 139 Å². The Hall–Kier alpha value is -8.73. The topological polar surface area (TPSA) is 533 Å². The number of benzene rings is 1. The van der Waals surface area contributed by atoms with E-state index in [1.54, 1.807) is 35.7 Å². The van der Waals surface area contributed by atoms with E-state index in [9.17, 15) is 58.5 Å². The zero-order valence-electron chi connectivity index (χ0n) is 50.9. The molecule has 3 saturated heterocycles. The molecule has 0 radical (unpaired) electrons. The third-order valence-electron chi connectivity index (χ3n) is 15.9. The molecular formula is C57H87N19O14S. The number of hydrogen-bond acceptors (Lipinski definition) is 18. The van der Waals surface area contributed by atoms with Gasteiger partial charge in [0.15, 0.2) is 17.9 Å². The summed E-state index contributed by atoms with van der Waals surface area (Å²) in [6.45, 7) is 0.436. The number of thiophene rings is 1. The van der Waals surface area contributed by atoms with E-state index in [1.165, 1.54) is 20.8 Å². The molecule has 500 valence electrons. The first-order valence-corrected chi connectivity index (χ1v) is 31.2. The zero-order chi connectivity index (χ0) is 66.5. The van der Waals surface area contributed by atoms with Crippen LogP contribution < -0.4 is 66.7 Å². The normalized spacial score (nSPS) is 21.0. The number of nitrogens with one attached hydrogen (secondary N) is 5. The Morgan fingerprint density at radius 2 is 1.29 bits per heavy atom. The molecule has 6 rings (SSSR count). The number of nitrogens with two attached hydrogens (primary N) is 7. The maximum atomic E-state index is 15.0. The number of aliphatic hydroxyl groups is 2. The van der Waals surface area contributed by atoms with Crippen molar-refractivity contribution in [1.29, 1.82) is 0 Å². The van der Waals surface area contributed by atoms with Crippen LogP contribution in [0.1, 0.15) is 99.6 Å². The fourth-order valence-corrected chi connectivity index (χ4v) is 12.2. The van der Waals surface area contributed by atoms with Crippen LogP contribution in [0.3, 0.4) is 0 Å². The molecule has 91 heavy (non-hydrogen) atoms. The molecule has 3 fully saturated rings. The highest BCUT2D eigenvalue weighted by atomic mass is 32.1. The molecule has 0 bridgehead atoms. The highest BCUT2D eigenvalue weighted by molar-refractivity contribution is 7.10. The van der Waals surface area contributed by atoms with Gasteiger partial charge in [-0.15, -0.1) is 11.3 Å². The summed E-state index contributed by atoms with van der Waals surface area (Å²) in [5, 5.41) is 46.2. The zero-order valence-corrected chi connectivity index (χ0v) is 51.7. The first-order chi connectivity index (χ1) is 43.4. The number of carbonyl (C=O) groups is 10.